The highest BCUT2D eigenvalue weighted by Gasteiger charge is 2.20. The Morgan fingerprint density at radius 2 is 1.79 bits per heavy atom. The molecule has 0 fully saturated rings. The van der Waals surface area contributed by atoms with Crippen molar-refractivity contribution in [3.05, 3.63) is 83.3 Å². The molecule has 8 nitrogen and oxygen atoms in total. The fraction of sp³-hybridized carbons (Fsp3) is 0.0476. The van der Waals surface area contributed by atoms with Gasteiger partial charge in [-0.2, -0.15) is 5.26 Å². The van der Waals surface area contributed by atoms with Crippen molar-refractivity contribution in [3.63, 3.8) is 0 Å². The molecule has 0 bridgehead atoms. The van der Waals surface area contributed by atoms with Crippen molar-refractivity contribution >= 4 is 28.9 Å². The summed E-state index contributed by atoms with van der Waals surface area (Å²) in [4.78, 5) is 24.9. The van der Waals surface area contributed by atoms with E-state index in [0.717, 1.165) is 0 Å². The smallest absolute Gasteiger partial charge is 0.270 e. The first-order valence-corrected chi connectivity index (χ1v) is 8.52. The molecule has 0 aliphatic rings. The number of hydrogen-bond donors (Lipinski definition) is 3. The van der Waals surface area contributed by atoms with Crippen LogP contribution in [0.3, 0.4) is 0 Å². The summed E-state index contributed by atoms with van der Waals surface area (Å²) in [6.45, 7) is 1.54. The molecule has 0 atom stereocenters. The topological polar surface area (TPSA) is 128 Å². The Hall–Kier alpha value is -4.38. The molecule has 8 heteroatoms. The third-order valence-corrected chi connectivity index (χ3v) is 4.00. The highest BCUT2D eigenvalue weighted by Crippen LogP contribution is 2.21. The molecule has 3 rings (SSSR count). The van der Waals surface area contributed by atoms with Gasteiger partial charge in [-0.1, -0.05) is 29.4 Å². The van der Waals surface area contributed by atoms with Crippen molar-refractivity contribution in [2.75, 3.05) is 10.6 Å². The van der Waals surface area contributed by atoms with Crippen LogP contribution in [0.1, 0.15) is 21.7 Å². The van der Waals surface area contributed by atoms with Crippen LogP contribution in [0.4, 0.5) is 11.4 Å². The Morgan fingerprint density at radius 1 is 1.07 bits per heavy atom. The summed E-state index contributed by atoms with van der Waals surface area (Å²) < 4.78 is 4.84. The van der Waals surface area contributed by atoms with Gasteiger partial charge in [0.1, 0.15) is 11.8 Å². The van der Waals surface area contributed by atoms with Gasteiger partial charge in [-0.15, -0.1) is 0 Å². The molecule has 0 spiro atoms. The average Bonchev–Trinajstić information content (AvgIpc) is 3.15. The van der Waals surface area contributed by atoms with Crippen LogP contribution in [0.2, 0.25) is 0 Å². The molecule has 1 heterocycles. The zero-order chi connectivity index (χ0) is 20.8. The molecule has 144 valence electrons. The van der Waals surface area contributed by atoms with Crippen molar-refractivity contribution in [2.45, 2.75) is 6.92 Å². The standard InChI is InChI=1S/C21H16N4O4/c1-13-18(12-23-29-13)19(26)17(11-22)21(28)25-16-9-5-6-14(10-16)20(27)24-15-7-3-2-4-8-15/h2-10,12,26H,1H3,(H,24,27)(H,25,28)/b19-17-. The number of amides is 2. The minimum absolute atomic E-state index is 0.146. The quantitative estimate of drug-likeness (QED) is 0.347. The number of aliphatic hydroxyl groups is 1. The number of nitriles is 1. The number of nitrogens with one attached hydrogen (secondary N) is 2. The predicted molar refractivity (Wildman–Crippen MR) is 106 cm³/mol. The third-order valence-electron chi connectivity index (χ3n) is 4.00. The fourth-order valence-electron chi connectivity index (χ4n) is 2.53. The molecule has 0 aliphatic carbocycles. The van der Waals surface area contributed by atoms with Crippen LogP contribution in [0.5, 0.6) is 0 Å². The van der Waals surface area contributed by atoms with Crippen molar-refractivity contribution < 1.29 is 19.2 Å². The van der Waals surface area contributed by atoms with Crippen LogP contribution in [0.15, 0.2) is 70.9 Å². The minimum atomic E-state index is -0.828. The van der Waals surface area contributed by atoms with Crippen LogP contribution >= 0.6 is 0 Å². The van der Waals surface area contributed by atoms with Gasteiger partial charge in [-0.05, 0) is 37.3 Å². The molecule has 29 heavy (non-hydrogen) atoms. The lowest BCUT2D eigenvalue weighted by molar-refractivity contribution is -0.112. The van der Waals surface area contributed by atoms with E-state index in [-0.39, 0.29) is 17.2 Å². The number of rotatable bonds is 5. The molecule has 3 N–H and O–H groups in total. The molecular weight excluding hydrogens is 372 g/mol. The zero-order valence-electron chi connectivity index (χ0n) is 15.3. The van der Waals surface area contributed by atoms with E-state index in [1.165, 1.54) is 12.3 Å². The predicted octanol–water partition coefficient (Wildman–Crippen LogP) is 3.67. The van der Waals surface area contributed by atoms with E-state index >= 15 is 0 Å². The van der Waals surface area contributed by atoms with Gasteiger partial charge in [0, 0.05) is 16.9 Å². The lowest BCUT2D eigenvalue weighted by Gasteiger charge is -2.09. The maximum atomic E-state index is 12.5. The summed E-state index contributed by atoms with van der Waals surface area (Å²) in [7, 11) is 0. The van der Waals surface area contributed by atoms with E-state index in [1.54, 1.807) is 55.5 Å². The van der Waals surface area contributed by atoms with Crippen LogP contribution in [-0.4, -0.2) is 22.1 Å². The third kappa shape index (κ3) is 4.48. The number of nitrogens with zero attached hydrogens (tertiary/aromatic N) is 2. The Balaban J connectivity index is 1.79. The van der Waals surface area contributed by atoms with Gasteiger partial charge in [-0.25, -0.2) is 0 Å². The van der Waals surface area contributed by atoms with Gasteiger partial charge in [0.25, 0.3) is 11.8 Å². The number of hydrogen-bond acceptors (Lipinski definition) is 6. The Labute approximate surface area is 166 Å². The van der Waals surface area contributed by atoms with Crippen molar-refractivity contribution in [3.8, 4) is 6.07 Å². The first-order chi connectivity index (χ1) is 14.0. The normalized spacial score (nSPS) is 11.2. The number of carbonyl (C=O) groups excluding carboxylic acids is 2. The fourth-order valence-corrected chi connectivity index (χ4v) is 2.53. The van der Waals surface area contributed by atoms with Crippen LogP contribution < -0.4 is 10.6 Å². The molecule has 1 aromatic heterocycles. The lowest BCUT2D eigenvalue weighted by Crippen LogP contribution is -2.16. The van der Waals surface area contributed by atoms with Gasteiger partial charge in [0.2, 0.25) is 0 Å². The number of aromatic nitrogens is 1. The monoisotopic (exact) mass is 388 g/mol. The van der Waals surface area contributed by atoms with E-state index in [0.29, 0.717) is 16.9 Å². The van der Waals surface area contributed by atoms with E-state index in [1.807, 2.05) is 6.07 Å². The molecular formula is C21H16N4O4. The van der Waals surface area contributed by atoms with Crippen LogP contribution in [-0.2, 0) is 4.79 Å². The molecule has 2 amide bonds. The van der Waals surface area contributed by atoms with E-state index in [4.69, 9.17) is 4.52 Å². The molecule has 3 aromatic rings. The van der Waals surface area contributed by atoms with Gasteiger partial charge < -0.3 is 20.3 Å². The van der Waals surface area contributed by atoms with E-state index in [9.17, 15) is 20.0 Å². The Kier molecular flexibility index (Phi) is 5.71. The highest BCUT2D eigenvalue weighted by molar-refractivity contribution is 6.11. The summed E-state index contributed by atoms with van der Waals surface area (Å²) in [5.41, 5.74) is 0.880. The zero-order valence-corrected chi connectivity index (χ0v) is 15.3. The maximum Gasteiger partial charge on any atom is 0.270 e. The average molecular weight is 388 g/mol. The number of para-hydroxylation sites is 1. The Morgan fingerprint density at radius 3 is 2.45 bits per heavy atom. The van der Waals surface area contributed by atoms with Gasteiger partial charge in [0.15, 0.2) is 11.3 Å². The molecule has 0 aliphatic heterocycles. The Bertz CT molecular complexity index is 1130. The summed E-state index contributed by atoms with van der Waals surface area (Å²) in [5.74, 6) is -1.46. The van der Waals surface area contributed by atoms with Crippen molar-refractivity contribution in [1.29, 1.82) is 5.26 Å². The number of anilines is 2. The van der Waals surface area contributed by atoms with Gasteiger partial charge >= 0.3 is 0 Å². The second-order valence-corrected chi connectivity index (χ2v) is 5.99. The molecule has 0 saturated heterocycles. The number of aryl methyl sites for hydroxylation is 1. The molecule has 0 unspecified atom stereocenters. The second-order valence-electron chi connectivity index (χ2n) is 5.99. The summed E-state index contributed by atoms with van der Waals surface area (Å²) in [6, 6.07) is 16.8. The van der Waals surface area contributed by atoms with Crippen molar-refractivity contribution in [2.24, 2.45) is 0 Å². The summed E-state index contributed by atoms with van der Waals surface area (Å²) >= 11 is 0. The number of aliphatic hydroxyl groups excluding tert-OH is 1. The highest BCUT2D eigenvalue weighted by atomic mass is 16.5. The maximum absolute atomic E-state index is 12.5. The first kappa shape index (κ1) is 19.4. The second kappa shape index (κ2) is 8.54. The largest absolute Gasteiger partial charge is 0.506 e. The number of benzene rings is 2. The first-order valence-electron chi connectivity index (χ1n) is 8.52. The number of carbonyl (C=O) groups is 2. The van der Waals surface area contributed by atoms with E-state index in [2.05, 4.69) is 15.8 Å². The van der Waals surface area contributed by atoms with Crippen LogP contribution in [0.25, 0.3) is 5.76 Å². The van der Waals surface area contributed by atoms with Gasteiger partial charge in [-0.3, -0.25) is 9.59 Å². The summed E-state index contributed by atoms with van der Waals surface area (Å²) in [5, 5.41) is 28.3. The molecule has 0 radical (unpaired) electrons. The lowest BCUT2D eigenvalue weighted by atomic mass is 10.1. The van der Waals surface area contributed by atoms with Gasteiger partial charge in [0.05, 0.1) is 11.8 Å². The minimum Gasteiger partial charge on any atom is -0.506 e. The van der Waals surface area contributed by atoms with E-state index < -0.39 is 17.2 Å². The summed E-state index contributed by atoms with van der Waals surface area (Å²) in [6.07, 6.45) is 1.21. The molecule has 2 aromatic carbocycles. The SMILES string of the molecule is Cc1oncc1/C(O)=C(\C#N)C(=O)Nc1cccc(C(=O)Nc2ccccc2)c1. The van der Waals surface area contributed by atoms with Crippen molar-refractivity contribution in [1.82, 2.24) is 5.16 Å². The van der Waals surface area contributed by atoms with Crippen LogP contribution in [0, 0.1) is 18.3 Å². The molecule has 0 saturated carbocycles.